The van der Waals surface area contributed by atoms with Gasteiger partial charge in [-0.1, -0.05) is 56.4 Å². The van der Waals surface area contributed by atoms with Crippen LogP contribution in [0.25, 0.3) is 5.76 Å². The number of benzene rings is 1. The zero-order valence-corrected chi connectivity index (χ0v) is 12.8. The van der Waals surface area contributed by atoms with E-state index in [0.29, 0.717) is 17.9 Å². The van der Waals surface area contributed by atoms with Gasteiger partial charge in [0.05, 0.1) is 6.61 Å². The zero-order valence-electron chi connectivity index (χ0n) is 12.8. The molecule has 0 aromatic heterocycles. The number of hydrogen-bond acceptors (Lipinski definition) is 3. The van der Waals surface area contributed by atoms with Crippen molar-refractivity contribution in [1.82, 2.24) is 0 Å². The molecule has 0 saturated heterocycles. The molecule has 0 bridgehead atoms. The van der Waals surface area contributed by atoms with Crippen molar-refractivity contribution in [3.63, 3.8) is 0 Å². The molecule has 0 aliphatic heterocycles. The second kappa shape index (κ2) is 6.91. The lowest BCUT2D eigenvalue weighted by molar-refractivity contribution is -0.111. The van der Waals surface area contributed by atoms with Crippen molar-refractivity contribution in [3.05, 3.63) is 41.5 Å². The van der Waals surface area contributed by atoms with Crippen molar-refractivity contribution in [2.45, 2.75) is 44.9 Å². The average Bonchev–Trinajstić information content (AvgIpc) is 2.57. The fraction of sp³-hybridized carbons (Fsp3) is 0.474. The van der Waals surface area contributed by atoms with Crippen LogP contribution in [0.5, 0.6) is 0 Å². The second-order valence-electron chi connectivity index (χ2n) is 6.24. The third-order valence-corrected chi connectivity index (χ3v) is 4.66. The van der Waals surface area contributed by atoms with Crippen LogP contribution in [0.2, 0.25) is 0 Å². The molecule has 0 amide bonds. The molecule has 0 radical (unpaired) electrons. The minimum atomic E-state index is -0.485. The molecule has 1 fully saturated rings. The number of carbonyl (C=O) groups is 2. The Bertz CT molecular complexity index is 594. The van der Waals surface area contributed by atoms with Gasteiger partial charge in [0.1, 0.15) is 5.76 Å². The maximum atomic E-state index is 11.8. The van der Waals surface area contributed by atoms with Gasteiger partial charge in [0.15, 0.2) is 0 Å². The number of hydrogen-bond donors (Lipinski definition) is 0. The Hall–Kier alpha value is -1.90. The minimum absolute atomic E-state index is 0.440. The molecule has 0 spiro atoms. The van der Waals surface area contributed by atoms with Gasteiger partial charge >= 0.3 is 0 Å². The standard InChI is InChI=1S/C19H22O3/c20-17-13-18(15-10-4-5-11-16(15)19(17)21)22-12-6-9-14-7-2-1-3-8-14/h4-5,10-11,13-14H,1-3,6-9,12H2. The fourth-order valence-electron chi connectivity index (χ4n) is 3.44. The summed E-state index contributed by atoms with van der Waals surface area (Å²) in [5, 5.41) is 0. The third-order valence-electron chi connectivity index (χ3n) is 4.66. The van der Waals surface area contributed by atoms with E-state index in [-0.39, 0.29) is 0 Å². The molecule has 116 valence electrons. The normalized spacial score (nSPS) is 18.8. The van der Waals surface area contributed by atoms with Gasteiger partial charge in [-0.05, 0) is 18.8 Å². The SMILES string of the molecule is O=C1C=C(OCCCC2CCCCC2)c2ccccc2C1=O. The Morgan fingerprint density at radius 3 is 2.50 bits per heavy atom. The average molecular weight is 298 g/mol. The molecule has 1 saturated carbocycles. The number of rotatable bonds is 5. The minimum Gasteiger partial charge on any atom is -0.493 e. The van der Waals surface area contributed by atoms with Crippen molar-refractivity contribution < 1.29 is 14.3 Å². The van der Waals surface area contributed by atoms with E-state index in [1.54, 1.807) is 12.1 Å². The van der Waals surface area contributed by atoms with Crippen LogP contribution in [-0.2, 0) is 9.53 Å². The van der Waals surface area contributed by atoms with Crippen LogP contribution in [0.3, 0.4) is 0 Å². The number of ketones is 2. The molecule has 0 unspecified atom stereocenters. The van der Waals surface area contributed by atoms with E-state index in [1.165, 1.54) is 44.6 Å². The summed E-state index contributed by atoms with van der Waals surface area (Å²) in [5.74, 6) is 0.461. The number of ether oxygens (including phenoxy) is 1. The van der Waals surface area contributed by atoms with Crippen LogP contribution in [0.1, 0.15) is 60.9 Å². The Labute approximate surface area is 131 Å². The highest BCUT2D eigenvalue weighted by molar-refractivity contribution is 6.50. The number of carbonyl (C=O) groups excluding carboxylic acids is 2. The molecule has 2 aliphatic carbocycles. The van der Waals surface area contributed by atoms with E-state index in [1.807, 2.05) is 12.1 Å². The Balaban J connectivity index is 1.57. The van der Waals surface area contributed by atoms with Crippen LogP contribution < -0.4 is 0 Å². The first kappa shape index (κ1) is 15.0. The summed E-state index contributed by atoms with van der Waals surface area (Å²) in [4.78, 5) is 23.6. The maximum absolute atomic E-state index is 11.8. The van der Waals surface area contributed by atoms with Crippen molar-refractivity contribution in [3.8, 4) is 0 Å². The lowest BCUT2D eigenvalue weighted by Gasteiger charge is -2.22. The first-order valence-corrected chi connectivity index (χ1v) is 8.28. The largest absolute Gasteiger partial charge is 0.493 e. The summed E-state index contributed by atoms with van der Waals surface area (Å²) in [6.45, 7) is 0.609. The van der Waals surface area contributed by atoms with E-state index in [4.69, 9.17) is 4.74 Å². The summed E-state index contributed by atoms with van der Waals surface area (Å²) in [6, 6.07) is 7.16. The van der Waals surface area contributed by atoms with Crippen molar-refractivity contribution >= 4 is 17.3 Å². The third kappa shape index (κ3) is 3.29. The monoisotopic (exact) mass is 298 g/mol. The summed E-state index contributed by atoms with van der Waals surface area (Å²) in [5.41, 5.74) is 1.20. The molecule has 2 aliphatic rings. The molecular weight excluding hydrogens is 276 g/mol. The predicted molar refractivity (Wildman–Crippen MR) is 85.5 cm³/mol. The van der Waals surface area contributed by atoms with Gasteiger partial charge in [-0.25, -0.2) is 0 Å². The quantitative estimate of drug-likeness (QED) is 0.605. The van der Waals surface area contributed by atoms with E-state index in [9.17, 15) is 9.59 Å². The van der Waals surface area contributed by atoms with Crippen LogP contribution in [0.4, 0.5) is 0 Å². The van der Waals surface area contributed by atoms with Gasteiger partial charge in [-0.2, -0.15) is 0 Å². The summed E-state index contributed by atoms with van der Waals surface area (Å²) in [6.07, 6.45) is 10.3. The molecule has 1 aromatic carbocycles. The second-order valence-corrected chi connectivity index (χ2v) is 6.24. The van der Waals surface area contributed by atoms with Gasteiger partial charge in [0, 0.05) is 17.2 Å². The van der Waals surface area contributed by atoms with Gasteiger partial charge in [-0.15, -0.1) is 0 Å². The van der Waals surface area contributed by atoms with Crippen LogP contribution in [0, 0.1) is 5.92 Å². The van der Waals surface area contributed by atoms with E-state index in [0.717, 1.165) is 17.9 Å². The molecule has 1 aromatic rings. The summed E-state index contributed by atoms with van der Waals surface area (Å²) in [7, 11) is 0. The summed E-state index contributed by atoms with van der Waals surface area (Å²) < 4.78 is 5.81. The lowest BCUT2D eigenvalue weighted by Crippen LogP contribution is -2.19. The molecule has 3 heteroatoms. The Morgan fingerprint density at radius 2 is 1.73 bits per heavy atom. The van der Waals surface area contributed by atoms with Gasteiger partial charge < -0.3 is 4.74 Å². The predicted octanol–water partition coefficient (Wildman–Crippen LogP) is 4.17. The highest BCUT2D eigenvalue weighted by Crippen LogP contribution is 2.29. The molecular formula is C19H22O3. The lowest BCUT2D eigenvalue weighted by atomic mass is 9.86. The number of Topliss-reactive ketones (excluding diaryl/α,β-unsaturated/α-hetero) is 1. The number of fused-ring (bicyclic) bond motifs is 1. The molecule has 0 heterocycles. The Kier molecular flexibility index (Phi) is 4.71. The molecule has 3 rings (SSSR count). The van der Waals surface area contributed by atoms with Gasteiger partial charge in [0.25, 0.3) is 0 Å². The first-order chi connectivity index (χ1) is 10.8. The molecule has 0 atom stereocenters. The topological polar surface area (TPSA) is 43.4 Å². The van der Waals surface area contributed by atoms with E-state index in [2.05, 4.69) is 0 Å². The molecule has 0 N–H and O–H groups in total. The molecule has 22 heavy (non-hydrogen) atoms. The van der Waals surface area contributed by atoms with E-state index < -0.39 is 11.6 Å². The molecule has 3 nitrogen and oxygen atoms in total. The summed E-state index contributed by atoms with van der Waals surface area (Å²) >= 11 is 0. The van der Waals surface area contributed by atoms with E-state index >= 15 is 0 Å². The highest BCUT2D eigenvalue weighted by Gasteiger charge is 2.26. The van der Waals surface area contributed by atoms with Gasteiger partial charge in [-0.3, -0.25) is 9.59 Å². The van der Waals surface area contributed by atoms with Crippen LogP contribution in [-0.4, -0.2) is 18.2 Å². The maximum Gasteiger partial charge on any atom is 0.233 e. The van der Waals surface area contributed by atoms with Crippen molar-refractivity contribution in [2.75, 3.05) is 6.61 Å². The Morgan fingerprint density at radius 1 is 1.00 bits per heavy atom. The highest BCUT2D eigenvalue weighted by atomic mass is 16.5. The number of allylic oxidation sites excluding steroid dienone is 1. The zero-order chi connectivity index (χ0) is 15.4. The smallest absolute Gasteiger partial charge is 0.233 e. The van der Waals surface area contributed by atoms with Gasteiger partial charge in [0.2, 0.25) is 11.6 Å². The first-order valence-electron chi connectivity index (χ1n) is 8.28. The van der Waals surface area contributed by atoms with Crippen LogP contribution in [0.15, 0.2) is 30.3 Å². The fourth-order valence-corrected chi connectivity index (χ4v) is 3.44. The van der Waals surface area contributed by atoms with Crippen LogP contribution >= 0.6 is 0 Å². The van der Waals surface area contributed by atoms with Crippen molar-refractivity contribution in [1.29, 1.82) is 0 Å². The van der Waals surface area contributed by atoms with Crippen molar-refractivity contribution in [2.24, 2.45) is 5.92 Å².